The number of anilines is 1. The van der Waals surface area contributed by atoms with Crippen molar-refractivity contribution in [1.82, 2.24) is 34.4 Å². The molecule has 262 valence electrons. The third kappa shape index (κ3) is 7.56. The Labute approximate surface area is 286 Å². The third-order valence-corrected chi connectivity index (χ3v) is 9.16. The number of hydrogen-bond acceptors (Lipinski definition) is 9. The number of ether oxygens (including phenoxy) is 1. The number of piperidine rings is 1. The predicted octanol–water partition coefficient (Wildman–Crippen LogP) is 5.58. The van der Waals surface area contributed by atoms with Crippen molar-refractivity contribution in [3.05, 3.63) is 72.3 Å². The van der Waals surface area contributed by atoms with E-state index in [2.05, 4.69) is 16.0 Å². The summed E-state index contributed by atoms with van der Waals surface area (Å²) < 4.78 is 61.7. The average molecular weight is 692 g/mol. The minimum Gasteiger partial charge on any atom is -0.457 e. The molecular formula is C35H37F4N9O2. The molecule has 4 aromatic rings. The van der Waals surface area contributed by atoms with Crippen LogP contribution in [0.15, 0.2) is 66.5 Å². The molecule has 6 rings (SSSR count). The molecule has 2 aromatic carbocycles. The van der Waals surface area contributed by atoms with Crippen LogP contribution in [0.3, 0.4) is 0 Å². The molecule has 2 N–H and O–H groups in total. The van der Waals surface area contributed by atoms with Crippen molar-refractivity contribution in [2.24, 2.45) is 0 Å². The first kappa shape index (κ1) is 34.8. The molecule has 0 saturated carbocycles. The molecule has 2 saturated heterocycles. The van der Waals surface area contributed by atoms with Crippen LogP contribution in [-0.2, 0) is 4.79 Å². The van der Waals surface area contributed by atoms with Gasteiger partial charge in [-0.2, -0.15) is 23.5 Å². The summed E-state index contributed by atoms with van der Waals surface area (Å²) in [5.41, 5.74) is 6.30. The largest absolute Gasteiger partial charge is 0.457 e. The fourth-order valence-corrected chi connectivity index (χ4v) is 6.65. The number of piperazine rings is 1. The SMILES string of the molecule is CC(C)(C=C(C#N)C(=O)N1CCCC(n2nc(-c3ccc(Oc4ccccc4)cc3F)c3c(N)ncnc32)C1)N1CCN(CC(F)(F)F)CC1. The van der Waals surface area contributed by atoms with Crippen molar-refractivity contribution < 1.29 is 27.1 Å². The number of para-hydroxylation sites is 1. The Balaban J connectivity index is 1.22. The molecule has 11 nitrogen and oxygen atoms in total. The summed E-state index contributed by atoms with van der Waals surface area (Å²) in [7, 11) is 0. The van der Waals surface area contributed by atoms with Gasteiger partial charge in [0.15, 0.2) is 5.65 Å². The number of carbonyl (C=O) groups excluding carboxylic acids is 1. The zero-order valence-corrected chi connectivity index (χ0v) is 27.7. The Morgan fingerprint density at radius 2 is 1.80 bits per heavy atom. The highest BCUT2D eigenvalue weighted by atomic mass is 19.4. The number of amides is 1. The van der Waals surface area contributed by atoms with E-state index in [-0.39, 0.29) is 48.3 Å². The maximum Gasteiger partial charge on any atom is 0.401 e. The van der Waals surface area contributed by atoms with Gasteiger partial charge < -0.3 is 15.4 Å². The molecule has 0 spiro atoms. The van der Waals surface area contributed by atoms with Crippen LogP contribution < -0.4 is 10.5 Å². The molecule has 4 heterocycles. The number of likely N-dealkylation sites (tertiary alicyclic amines) is 1. The lowest BCUT2D eigenvalue weighted by atomic mass is 9.96. The van der Waals surface area contributed by atoms with E-state index in [1.165, 1.54) is 17.3 Å². The number of nitrogens with zero attached hydrogens (tertiary/aromatic N) is 8. The van der Waals surface area contributed by atoms with Crippen molar-refractivity contribution in [1.29, 1.82) is 5.26 Å². The van der Waals surface area contributed by atoms with Crippen LogP contribution >= 0.6 is 0 Å². The van der Waals surface area contributed by atoms with Gasteiger partial charge in [0.05, 0.1) is 18.0 Å². The normalized spacial score (nSPS) is 18.3. The highest BCUT2D eigenvalue weighted by Crippen LogP contribution is 2.36. The second-order valence-corrected chi connectivity index (χ2v) is 13.1. The van der Waals surface area contributed by atoms with E-state index in [0.717, 1.165) is 0 Å². The Morgan fingerprint density at radius 3 is 2.48 bits per heavy atom. The Bertz CT molecular complexity index is 1930. The Kier molecular flexibility index (Phi) is 9.77. The van der Waals surface area contributed by atoms with Gasteiger partial charge in [0.25, 0.3) is 5.91 Å². The number of fused-ring (bicyclic) bond motifs is 1. The summed E-state index contributed by atoms with van der Waals surface area (Å²) >= 11 is 0. The van der Waals surface area contributed by atoms with Crippen molar-refractivity contribution in [2.45, 2.75) is 44.4 Å². The van der Waals surface area contributed by atoms with E-state index in [9.17, 15) is 23.2 Å². The lowest BCUT2D eigenvalue weighted by Gasteiger charge is -2.43. The number of nitrogens with two attached hydrogens (primary N) is 1. The second kappa shape index (κ2) is 14.0. The van der Waals surface area contributed by atoms with Crippen LogP contribution in [-0.4, -0.2) is 97.9 Å². The smallest absolute Gasteiger partial charge is 0.401 e. The number of rotatable bonds is 8. The fraction of sp³-hybridized carbons (Fsp3) is 0.400. The molecule has 1 unspecified atom stereocenters. The first-order valence-electron chi connectivity index (χ1n) is 16.3. The summed E-state index contributed by atoms with van der Waals surface area (Å²) in [6.45, 7) is 4.52. The van der Waals surface area contributed by atoms with Gasteiger partial charge >= 0.3 is 6.18 Å². The van der Waals surface area contributed by atoms with Crippen molar-refractivity contribution >= 4 is 22.8 Å². The van der Waals surface area contributed by atoms with E-state index in [1.54, 1.807) is 39.9 Å². The molecule has 0 aliphatic carbocycles. The highest BCUT2D eigenvalue weighted by Gasteiger charge is 2.36. The van der Waals surface area contributed by atoms with E-state index >= 15 is 4.39 Å². The molecule has 2 aliphatic rings. The molecule has 2 fully saturated rings. The summed E-state index contributed by atoms with van der Waals surface area (Å²) in [4.78, 5) is 27.3. The number of hydrogen-bond donors (Lipinski definition) is 1. The van der Waals surface area contributed by atoms with Crippen LogP contribution in [0.2, 0.25) is 0 Å². The van der Waals surface area contributed by atoms with Crippen LogP contribution in [0.4, 0.5) is 23.4 Å². The number of halogens is 4. The maximum atomic E-state index is 15.6. The fourth-order valence-electron chi connectivity index (χ4n) is 6.65. The number of nitriles is 1. The number of carbonyl (C=O) groups is 1. The van der Waals surface area contributed by atoms with Crippen molar-refractivity contribution in [2.75, 3.05) is 51.5 Å². The Morgan fingerprint density at radius 1 is 1.06 bits per heavy atom. The number of aromatic nitrogens is 4. The van der Waals surface area contributed by atoms with Gasteiger partial charge in [0, 0.05) is 56.4 Å². The van der Waals surface area contributed by atoms with Gasteiger partial charge in [-0.15, -0.1) is 0 Å². The van der Waals surface area contributed by atoms with Crippen LogP contribution in [0.25, 0.3) is 22.3 Å². The molecule has 15 heteroatoms. The van der Waals surface area contributed by atoms with Gasteiger partial charge in [0.2, 0.25) is 0 Å². The highest BCUT2D eigenvalue weighted by molar-refractivity contribution is 5.99. The predicted molar refractivity (Wildman–Crippen MR) is 178 cm³/mol. The maximum absolute atomic E-state index is 15.6. The zero-order valence-electron chi connectivity index (χ0n) is 27.7. The van der Waals surface area contributed by atoms with E-state index < -0.39 is 30.0 Å². The molecule has 50 heavy (non-hydrogen) atoms. The van der Waals surface area contributed by atoms with Gasteiger partial charge in [-0.25, -0.2) is 19.0 Å². The number of benzene rings is 2. The second-order valence-electron chi connectivity index (χ2n) is 13.1. The summed E-state index contributed by atoms with van der Waals surface area (Å²) in [6.07, 6.45) is -0.123. The summed E-state index contributed by atoms with van der Waals surface area (Å²) in [6, 6.07) is 15.2. The first-order chi connectivity index (χ1) is 23.8. The van der Waals surface area contributed by atoms with Crippen molar-refractivity contribution in [3.63, 3.8) is 0 Å². The lowest BCUT2D eigenvalue weighted by molar-refractivity contribution is -0.150. The minimum absolute atomic E-state index is 0.0502. The van der Waals surface area contributed by atoms with Gasteiger partial charge in [-0.1, -0.05) is 18.2 Å². The molecule has 2 aliphatic heterocycles. The van der Waals surface area contributed by atoms with Crippen LogP contribution in [0.1, 0.15) is 32.7 Å². The first-order valence-corrected chi connectivity index (χ1v) is 16.3. The van der Waals surface area contributed by atoms with E-state index in [4.69, 9.17) is 15.6 Å². The number of nitrogen functional groups attached to an aromatic ring is 1. The topological polar surface area (TPSA) is 129 Å². The zero-order chi connectivity index (χ0) is 35.6. The molecule has 0 radical (unpaired) electrons. The molecule has 1 amide bonds. The van der Waals surface area contributed by atoms with E-state index in [1.807, 2.05) is 36.9 Å². The molecule has 1 atom stereocenters. The summed E-state index contributed by atoms with van der Waals surface area (Å²) in [5, 5.41) is 15.2. The Hall–Kier alpha value is -5.07. The summed E-state index contributed by atoms with van der Waals surface area (Å²) in [5.74, 6) is -0.0435. The average Bonchev–Trinajstić information content (AvgIpc) is 3.48. The molecule has 2 aromatic heterocycles. The third-order valence-electron chi connectivity index (χ3n) is 9.16. The van der Waals surface area contributed by atoms with Crippen LogP contribution in [0, 0.1) is 17.1 Å². The minimum atomic E-state index is -4.27. The van der Waals surface area contributed by atoms with Gasteiger partial charge in [-0.05, 0) is 57.0 Å². The lowest BCUT2D eigenvalue weighted by Crippen LogP contribution is -2.55. The van der Waals surface area contributed by atoms with Crippen LogP contribution in [0.5, 0.6) is 11.5 Å². The van der Waals surface area contributed by atoms with Gasteiger partial charge in [-0.3, -0.25) is 14.6 Å². The van der Waals surface area contributed by atoms with Crippen molar-refractivity contribution in [3.8, 4) is 28.8 Å². The molecular weight excluding hydrogens is 654 g/mol. The number of alkyl halides is 3. The van der Waals surface area contributed by atoms with E-state index in [0.29, 0.717) is 55.0 Å². The standard InChI is InChI=1S/C35H37F4N9O2/c1-34(2,47-15-13-45(14-16-47)21-35(37,38)39)18-23(19-40)33(49)46-12-6-7-24(20-46)48-32-29(31(41)42-22-43-32)30(44-48)27-11-10-26(17-28(27)36)50-25-8-4-3-5-9-25/h3-5,8-11,17-18,22,24H,6-7,12-16,20-21H2,1-2H3,(H2,41,42,43). The molecule has 0 bridgehead atoms. The monoisotopic (exact) mass is 691 g/mol. The van der Waals surface area contributed by atoms with Gasteiger partial charge in [0.1, 0.15) is 46.8 Å². The quantitative estimate of drug-likeness (QED) is 0.143.